The summed E-state index contributed by atoms with van der Waals surface area (Å²) in [5, 5.41) is 5.83. The number of aromatic nitrogens is 2. The largest absolute Gasteiger partial charge is 0.306 e. The van der Waals surface area contributed by atoms with E-state index < -0.39 is 0 Å². The first-order valence-corrected chi connectivity index (χ1v) is 2.51. The van der Waals surface area contributed by atoms with Crippen LogP contribution in [-0.2, 0) is 0 Å². The number of H-pyrrole nitrogens is 2. The van der Waals surface area contributed by atoms with Crippen molar-refractivity contribution in [2.24, 2.45) is 0 Å². The van der Waals surface area contributed by atoms with Crippen LogP contribution in [0.1, 0.15) is 0 Å². The van der Waals surface area contributed by atoms with Crippen LogP contribution in [0.5, 0.6) is 0 Å². The van der Waals surface area contributed by atoms with E-state index in [4.69, 9.17) is 11.6 Å². The van der Waals surface area contributed by atoms with Gasteiger partial charge in [0.1, 0.15) is 4.64 Å². The zero-order chi connectivity index (χ0) is 5.28. The highest BCUT2D eigenvalue weighted by molar-refractivity contribution is 7.71. The minimum Gasteiger partial charge on any atom is -0.306 e. The molecule has 7 heavy (non-hydrogen) atoms. The summed E-state index contributed by atoms with van der Waals surface area (Å²) in [7, 11) is 0. The first-order valence-electron chi connectivity index (χ1n) is 1.72. The molecular formula is C3H3ClN2S. The molecule has 0 radical (unpaired) electrons. The van der Waals surface area contributed by atoms with Crippen molar-refractivity contribution in [1.29, 1.82) is 0 Å². The molecule has 1 rings (SSSR count). The maximum absolute atomic E-state index is 5.46. The Morgan fingerprint density at radius 3 is 2.57 bits per heavy atom. The molecule has 0 aliphatic carbocycles. The molecule has 4 heteroatoms. The number of hydrogen-bond acceptors (Lipinski definition) is 1. The predicted octanol–water partition coefficient (Wildman–Crippen LogP) is 1.73. The Kier molecular flexibility index (Phi) is 1.17. The molecule has 2 N–H and O–H groups in total. The molecule has 0 fully saturated rings. The molecule has 0 aliphatic rings. The van der Waals surface area contributed by atoms with Gasteiger partial charge in [-0.15, -0.1) is 0 Å². The second kappa shape index (κ2) is 1.68. The summed E-state index contributed by atoms with van der Waals surface area (Å²) in [4.78, 5) is 0. The predicted molar refractivity (Wildman–Crippen MR) is 31.0 cm³/mol. The monoisotopic (exact) mass is 134 g/mol. The topological polar surface area (TPSA) is 31.6 Å². The molecule has 2 nitrogen and oxygen atoms in total. The zero-order valence-electron chi connectivity index (χ0n) is 3.36. The Bertz CT molecular complexity index is 201. The lowest BCUT2D eigenvalue weighted by Crippen LogP contribution is -1.58. The van der Waals surface area contributed by atoms with Crippen LogP contribution in [-0.4, -0.2) is 10.2 Å². The summed E-state index contributed by atoms with van der Waals surface area (Å²) < 4.78 is 0.557. The highest BCUT2D eigenvalue weighted by Gasteiger charge is 1.84. The normalized spacial score (nSPS) is 9.29. The second-order valence-electron chi connectivity index (χ2n) is 1.09. The highest BCUT2D eigenvalue weighted by Crippen LogP contribution is 2.03. The van der Waals surface area contributed by atoms with Gasteiger partial charge in [0, 0.05) is 6.20 Å². The van der Waals surface area contributed by atoms with Gasteiger partial charge >= 0.3 is 0 Å². The van der Waals surface area contributed by atoms with Crippen molar-refractivity contribution in [2.75, 3.05) is 0 Å². The highest BCUT2D eigenvalue weighted by atomic mass is 35.5. The van der Waals surface area contributed by atoms with E-state index in [0.717, 1.165) is 0 Å². The second-order valence-corrected chi connectivity index (χ2v) is 1.91. The summed E-state index contributed by atoms with van der Waals surface area (Å²) >= 11 is 10.1. The van der Waals surface area contributed by atoms with Gasteiger partial charge in [-0.2, -0.15) is 0 Å². The Balaban J connectivity index is 3.39. The lowest BCUT2D eigenvalue weighted by molar-refractivity contribution is 1.08. The molecule has 0 spiro atoms. The van der Waals surface area contributed by atoms with Gasteiger partial charge in [0.05, 0.1) is 5.02 Å². The summed E-state index contributed by atoms with van der Waals surface area (Å²) in [6.07, 6.45) is 1.60. The smallest absolute Gasteiger partial charge is 0.138 e. The maximum atomic E-state index is 5.46. The van der Waals surface area contributed by atoms with Gasteiger partial charge in [0.15, 0.2) is 0 Å². The van der Waals surface area contributed by atoms with E-state index in [0.29, 0.717) is 9.66 Å². The molecule has 1 aromatic rings. The molecule has 0 saturated heterocycles. The number of halogens is 1. The quantitative estimate of drug-likeness (QED) is 0.521. The van der Waals surface area contributed by atoms with E-state index in [1.54, 1.807) is 6.20 Å². The molecule has 0 bridgehead atoms. The van der Waals surface area contributed by atoms with E-state index in [9.17, 15) is 0 Å². The minimum absolute atomic E-state index is 0.557. The van der Waals surface area contributed by atoms with Crippen molar-refractivity contribution in [3.8, 4) is 0 Å². The van der Waals surface area contributed by atoms with Gasteiger partial charge in [0.25, 0.3) is 0 Å². The third-order valence-electron chi connectivity index (χ3n) is 0.602. The van der Waals surface area contributed by atoms with E-state index in [2.05, 4.69) is 22.4 Å². The van der Waals surface area contributed by atoms with E-state index >= 15 is 0 Å². The number of nitrogens with one attached hydrogen (secondary N) is 2. The maximum Gasteiger partial charge on any atom is 0.138 e. The Hall–Kier alpha value is -0.280. The van der Waals surface area contributed by atoms with Crippen molar-refractivity contribution in [3.63, 3.8) is 0 Å². The van der Waals surface area contributed by atoms with Gasteiger partial charge in [0.2, 0.25) is 0 Å². The lowest BCUT2D eigenvalue weighted by atomic mass is 10.7. The Morgan fingerprint density at radius 2 is 2.43 bits per heavy atom. The van der Waals surface area contributed by atoms with Crippen LogP contribution >= 0.6 is 23.8 Å². The van der Waals surface area contributed by atoms with Crippen molar-refractivity contribution < 1.29 is 0 Å². The summed E-state index contributed by atoms with van der Waals surface area (Å²) in [6, 6.07) is 0. The fourth-order valence-corrected chi connectivity index (χ4v) is 0.510. The third kappa shape index (κ3) is 0.838. The van der Waals surface area contributed by atoms with E-state index in [-0.39, 0.29) is 0 Å². The number of hydrogen-bond donors (Lipinski definition) is 2. The molecule has 38 valence electrons. The first-order chi connectivity index (χ1) is 3.30. The molecule has 1 aromatic heterocycles. The van der Waals surface area contributed by atoms with Gasteiger partial charge in [-0.25, -0.2) is 0 Å². The molecule has 0 saturated carbocycles. The van der Waals surface area contributed by atoms with Gasteiger partial charge < -0.3 is 5.10 Å². The van der Waals surface area contributed by atoms with Gasteiger partial charge in [-0.3, -0.25) is 5.10 Å². The minimum atomic E-state index is 0.557. The molecule has 0 aliphatic heterocycles. The molecule has 0 atom stereocenters. The summed E-state index contributed by atoms with van der Waals surface area (Å²) in [6.45, 7) is 0. The van der Waals surface area contributed by atoms with Crippen molar-refractivity contribution in [3.05, 3.63) is 15.9 Å². The summed E-state index contributed by atoms with van der Waals surface area (Å²) in [5.74, 6) is 0. The van der Waals surface area contributed by atoms with Crippen LogP contribution < -0.4 is 0 Å². The van der Waals surface area contributed by atoms with Gasteiger partial charge in [-0.1, -0.05) is 23.8 Å². The average molecular weight is 135 g/mol. The fourth-order valence-electron chi connectivity index (χ4n) is 0.290. The van der Waals surface area contributed by atoms with Crippen LogP contribution in [0.25, 0.3) is 0 Å². The molecule has 1 heterocycles. The Labute approximate surface area is 50.5 Å². The van der Waals surface area contributed by atoms with E-state index in [1.165, 1.54) is 0 Å². The zero-order valence-corrected chi connectivity index (χ0v) is 4.94. The average Bonchev–Trinajstić information content (AvgIpc) is 1.91. The lowest BCUT2D eigenvalue weighted by Gasteiger charge is -1.64. The van der Waals surface area contributed by atoms with Gasteiger partial charge in [-0.05, 0) is 0 Å². The molecule has 0 aromatic carbocycles. The Morgan fingerprint density at radius 1 is 1.71 bits per heavy atom. The van der Waals surface area contributed by atoms with Crippen molar-refractivity contribution >= 4 is 23.8 Å². The number of rotatable bonds is 0. The van der Waals surface area contributed by atoms with Crippen LogP contribution in [0, 0.1) is 4.64 Å². The van der Waals surface area contributed by atoms with Crippen molar-refractivity contribution in [1.82, 2.24) is 10.2 Å². The van der Waals surface area contributed by atoms with Crippen LogP contribution in [0.15, 0.2) is 6.20 Å². The van der Waals surface area contributed by atoms with Crippen LogP contribution in [0.4, 0.5) is 0 Å². The number of aromatic amines is 2. The molecule has 0 amide bonds. The van der Waals surface area contributed by atoms with Crippen molar-refractivity contribution in [2.45, 2.75) is 0 Å². The molecule has 0 unspecified atom stereocenters. The first kappa shape index (κ1) is 4.87. The third-order valence-corrected chi connectivity index (χ3v) is 1.33. The van der Waals surface area contributed by atoms with Crippen LogP contribution in [0.3, 0.4) is 0 Å². The fraction of sp³-hybridized carbons (Fsp3) is 0. The SMILES string of the molecule is S=c1[nH][nH]cc1Cl. The summed E-state index contributed by atoms with van der Waals surface area (Å²) in [5.41, 5.74) is 0. The molecular weight excluding hydrogens is 132 g/mol. The van der Waals surface area contributed by atoms with E-state index in [1.807, 2.05) is 0 Å². The van der Waals surface area contributed by atoms with Crippen LogP contribution in [0.2, 0.25) is 5.02 Å². The standard InChI is InChI=1S/C3H3ClN2S/c4-2-1-5-6-3(2)7/h1H,(H2,5,6,7).